The zero-order valence-electron chi connectivity index (χ0n) is 49.0. The average molecular weight is 1050 g/mol. The van der Waals surface area contributed by atoms with Crippen molar-refractivity contribution in [2.45, 2.75) is 264 Å². The molecule has 0 aromatic carbocycles. The van der Waals surface area contributed by atoms with Gasteiger partial charge < -0.3 is 14.2 Å². The number of rotatable bonds is 54. The number of hydrogen-bond donors (Lipinski definition) is 0. The lowest BCUT2D eigenvalue weighted by Gasteiger charge is -2.18. The van der Waals surface area contributed by atoms with Gasteiger partial charge in [-0.25, -0.2) is 0 Å². The minimum absolute atomic E-state index is 0.102. The third-order valence-corrected chi connectivity index (χ3v) is 12.6. The van der Waals surface area contributed by atoms with E-state index < -0.39 is 6.10 Å². The molecule has 0 aliphatic carbocycles. The first-order chi connectivity index (χ1) is 37.5. The molecular formula is C70H112O6. The molecule has 0 fully saturated rings. The normalized spacial score (nSPS) is 13.1. The summed E-state index contributed by atoms with van der Waals surface area (Å²) in [6, 6.07) is 0. The van der Waals surface area contributed by atoms with Gasteiger partial charge in [-0.3, -0.25) is 14.4 Å². The molecule has 76 heavy (non-hydrogen) atoms. The molecule has 0 bridgehead atoms. The van der Waals surface area contributed by atoms with Crippen molar-refractivity contribution in [1.29, 1.82) is 0 Å². The highest BCUT2D eigenvalue weighted by molar-refractivity contribution is 5.71. The van der Waals surface area contributed by atoms with E-state index in [4.69, 9.17) is 14.2 Å². The van der Waals surface area contributed by atoms with Crippen LogP contribution in [0, 0.1) is 0 Å². The van der Waals surface area contributed by atoms with Crippen LogP contribution in [0.1, 0.15) is 258 Å². The molecule has 0 aliphatic rings. The second-order valence-electron chi connectivity index (χ2n) is 19.8. The molecule has 0 spiro atoms. The molecule has 0 rings (SSSR count). The molecule has 0 heterocycles. The van der Waals surface area contributed by atoms with Crippen LogP contribution in [0.5, 0.6) is 0 Å². The minimum Gasteiger partial charge on any atom is -0.462 e. The number of unbranched alkanes of at least 4 members (excludes halogenated alkanes) is 19. The Hall–Kier alpha value is -4.71. The van der Waals surface area contributed by atoms with Crippen LogP contribution in [0.4, 0.5) is 0 Å². The van der Waals surface area contributed by atoms with Gasteiger partial charge in [0.15, 0.2) is 6.10 Å². The van der Waals surface area contributed by atoms with Gasteiger partial charge in [-0.05, 0) is 141 Å². The first-order valence-corrected chi connectivity index (χ1v) is 30.8. The molecule has 6 heteroatoms. The lowest BCUT2D eigenvalue weighted by molar-refractivity contribution is -0.167. The topological polar surface area (TPSA) is 78.9 Å². The van der Waals surface area contributed by atoms with Crippen LogP contribution in [-0.2, 0) is 28.6 Å². The average Bonchev–Trinajstić information content (AvgIpc) is 3.42. The number of hydrogen-bond acceptors (Lipinski definition) is 6. The predicted octanol–water partition coefficient (Wildman–Crippen LogP) is 21.2. The maximum atomic E-state index is 12.9. The molecule has 428 valence electrons. The van der Waals surface area contributed by atoms with Crippen molar-refractivity contribution < 1.29 is 28.6 Å². The fourth-order valence-corrected chi connectivity index (χ4v) is 8.00. The SMILES string of the molecule is CC/C=C\C/C=C\C/C=C\C/C=C\C/C=C\C/C=C\C/C=C\CCCCCC(=O)OCC(COC(=O)CCCCCCC/C=C\CCCCC)OC(=O)CCCCCCCCCC/C=C\C/C=C\C/C=C\C/C=C\CC. The van der Waals surface area contributed by atoms with E-state index in [9.17, 15) is 14.4 Å². The Bertz CT molecular complexity index is 1680. The van der Waals surface area contributed by atoms with Crippen molar-refractivity contribution in [3.8, 4) is 0 Å². The zero-order valence-corrected chi connectivity index (χ0v) is 49.0. The molecule has 0 aromatic rings. The van der Waals surface area contributed by atoms with E-state index in [1.807, 2.05) is 0 Å². The number of carbonyl (C=O) groups is 3. The Morgan fingerprint density at radius 1 is 0.276 bits per heavy atom. The van der Waals surface area contributed by atoms with Crippen molar-refractivity contribution in [3.63, 3.8) is 0 Å². The van der Waals surface area contributed by atoms with Crippen LogP contribution in [0.15, 0.2) is 146 Å². The summed E-state index contributed by atoms with van der Waals surface area (Å²) >= 11 is 0. The van der Waals surface area contributed by atoms with Gasteiger partial charge in [-0.15, -0.1) is 0 Å². The van der Waals surface area contributed by atoms with Gasteiger partial charge in [-0.1, -0.05) is 244 Å². The highest BCUT2D eigenvalue weighted by Gasteiger charge is 2.19. The maximum Gasteiger partial charge on any atom is 0.306 e. The lowest BCUT2D eigenvalue weighted by Crippen LogP contribution is -2.30. The van der Waals surface area contributed by atoms with Crippen molar-refractivity contribution in [2.75, 3.05) is 13.2 Å². The van der Waals surface area contributed by atoms with Gasteiger partial charge in [0, 0.05) is 19.3 Å². The summed E-state index contributed by atoms with van der Waals surface area (Å²) in [6.45, 7) is 6.34. The quantitative estimate of drug-likeness (QED) is 0.0261. The van der Waals surface area contributed by atoms with Gasteiger partial charge in [0.25, 0.3) is 0 Å². The van der Waals surface area contributed by atoms with Gasteiger partial charge in [0.05, 0.1) is 0 Å². The molecule has 0 saturated carbocycles. The summed E-state index contributed by atoms with van der Waals surface area (Å²) in [5.41, 5.74) is 0. The third kappa shape index (κ3) is 60.2. The lowest BCUT2D eigenvalue weighted by atomic mass is 10.1. The number of allylic oxidation sites excluding steroid dienone is 24. The summed E-state index contributed by atoms with van der Waals surface area (Å²) in [6.07, 6.45) is 89.8. The Kier molecular flexibility index (Phi) is 58.9. The predicted molar refractivity (Wildman–Crippen MR) is 329 cm³/mol. The largest absolute Gasteiger partial charge is 0.462 e. The Morgan fingerprint density at radius 2 is 0.513 bits per heavy atom. The van der Waals surface area contributed by atoms with E-state index in [-0.39, 0.29) is 31.1 Å². The molecular weight excluding hydrogens is 937 g/mol. The molecule has 0 amide bonds. The van der Waals surface area contributed by atoms with E-state index in [1.165, 1.54) is 64.2 Å². The minimum atomic E-state index is -0.807. The van der Waals surface area contributed by atoms with Crippen LogP contribution in [0.25, 0.3) is 0 Å². The van der Waals surface area contributed by atoms with Crippen LogP contribution in [-0.4, -0.2) is 37.2 Å². The van der Waals surface area contributed by atoms with Gasteiger partial charge in [0.1, 0.15) is 13.2 Å². The van der Waals surface area contributed by atoms with Crippen LogP contribution in [0.2, 0.25) is 0 Å². The smallest absolute Gasteiger partial charge is 0.306 e. The van der Waals surface area contributed by atoms with Crippen molar-refractivity contribution in [3.05, 3.63) is 146 Å². The Morgan fingerprint density at radius 3 is 0.829 bits per heavy atom. The van der Waals surface area contributed by atoms with E-state index >= 15 is 0 Å². The van der Waals surface area contributed by atoms with Crippen LogP contribution in [0.3, 0.4) is 0 Å². The van der Waals surface area contributed by atoms with Gasteiger partial charge in [0.2, 0.25) is 0 Å². The van der Waals surface area contributed by atoms with Crippen LogP contribution < -0.4 is 0 Å². The molecule has 6 nitrogen and oxygen atoms in total. The third-order valence-electron chi connectivity index (χ3n) is 12.6. The van der Waals surface area contributed by atoms with E-state index in [0.29, 0.717) is 19.3 Å². The highest BCUT2D eigenvalue weighted by atomic mass is 16.6. The van der Waals surface area contributed by atoms with E-state index in [2.05, 4.69) is 167 Å². The molecule has 1 atom stereocenters. The van der Waals surface area contributed by atoms with Crippen molar-refractivity contribution >= 4 is 17.9 Å². The fraction of sp³-hybridized carbons (Fsp3) is 0.614. The molecule has 1 unspecified atom stereocenters. The monoisotopic (exact) mass is 1050 g/mol. The first-order valence-electron chi connectivity index (χ1n) is 30.8. The van der Waals surface area contributed by atoms with Gasteiger partial charge in [-0.2, -0.15) is 0 Å². The highest BCUT2D eigenvalue weighted by Crippen LogP contribution is 2.14. The van der Waals surface area contributed by atoms with Crippen molar-refractivity contribution in [1.82, 2.24) is 0 Å². The second-order valence-corrected chi connectivity index (χ2v) is 19.8. The zero-order chi connectivity index (χ0) is 55.0. The summed E-state index contributed by atoms with van der Waals surface area (Å²) in [5, 5.41) is 0. The second kappa shape index (κ2) is 62.8. The maximum absolute atomic E-state index is 12.9. The summed E-state index contributed by atoms with van der Waals surface area (Å²) in [5.74, 6) is -0.955. The number of carbonyl (C=O) groups excluding carboxylic acids is 3. The molecule has 0 N–H and O–H groups in total. The fourth-order valence-electron chi connectivity index (χ4n) is 8.00. The molecule has 0 radical (unpaired) electrons. The van der Waals surface area contributed by atoms with E-state index in [1.54, 1.807) is 0 Å². The number of ether oxygens (including phenoxy) is 3. The summed E-state index contributed by atoms with van der Waals surface area (Å²) < 4.78 is 16.9. The van der Waals surface area contributed by atoms with Crippen LogP contribution >= 0.6 is 0 Å². The van der Waals surface area contributed by atoms with Crippen molar-refractivity contribution in [2.24, 2.45) is 0 Å². The van der Waals surface area contributed by atoms with E-state index in [0.717, 1.165) is 154 Å². The number of esters is 3. The standard InChI is InChI=1S/C70H112O6/c1-4-7-10-13-16-19-22-25-27-29-31-33-34-35-36-38-39-41-43-45-48-51-54-57-60-63-69(72)75-66-67(65-74-68(71)62-59-56-53-50-47-24-21-18-15-12-9-6-3)76-70(73)64-61-58-55-52-49-46-44-42-40-37-32-30-28-26-23-20-17-14-11-8-5-2/h7-8,10-11,16-21,25-28,31-33,35-37,39,41,45,48,67H,4-6,9,12-15,22-24,29-30,34,38,40,42-44,46-47,49-66H2,1-3H3/b10-7-,11-8-,19-16-,20-17-,21-18-,27-25-,28-26-,33-31-,36-35-,37-32-,41-39-,48-45-. The Balaban J connectivity index is 4.45. The van der Waals surface area contributed by atoms with Gasteiger partial charge >= 0.3 is 17.9 Å². The summed E-state index contributed by atoms with van der Waals surface area (Å²) in [4.78, 5) is 38.2. The first kappa shape index (κ1) is 71.3. The summed E-state index contributed by atoms with van der Waals surface area (Å²) in [7, 11) is 0. The Labute approximate surface area is 467 Å². The molecule has 0 aliphatic heterocycles. The molecule has 0 aromatic heterocycles. The molecule has 0 saturated heterocycles.